The fourth-order valence-electron chi connectivity index (χ4n) is 7.83. The standard InChI is InChI=1S/C48H46Cl3N7O6/c1-4-56-21-23-57(24-22-56)25-26-62-39-18-17-35(30(2)43(39)50)42-41(31-13-15-33(49)16-14-31)45(51)58-44(42)47(53-29-54-58)64-40(48(59)60)27-32-9-5-7-11-37(32)63-28-34-19-20-52-46(55-34)36-10-6-8-12-38(36)61-3/h5-20,29,40H,4,21-28H2,1-3H3,(H,59,60)/t40-/m1/s1. The van der Waals surface area contributed by atoms with E-state index in [2.05, 4.69) is 31.8 Å². The van der Waals surface area contributed by atoms with E-state index in [9.17, 15) is 9.90 Å². The number of likely N-dealkylation sites (N-methyl/N-ethyl adjacent to an activating group) is 1. The molecule has 4 heterocycles. The molecule has 0 unspecified atom stereocenters. The zero-order valence-corrected chi connectivity index (χ0v) is 37.8. The van der Waals surface area contributed by atoms with Crippen LogP contribution in [-0.4, -0.2) is 105 Å². The predicted octanol–water partition coefficient (Wildman–Crippen LogP) is 9.47. The van der Waals surface area contributed by atoms with Gasteiger partial charge in [0.05, 0.1) is 23.4 Å². The number of aromatic nitrogens is 5. The number of fused-ring (bicyclic) bond motifs is 1. The summed E-state index contributed by atoms with van der Waals surface area (Å²) < 4.78 is 25.9. The van der Waals surface area contributed by atoms with Gasteiger partial charge in [0.15, 0.2) is 5.82 Å². The first-order valence-electron chi connectivity index (χ1n) is 20.9. The Hall–Kier alpha value is -5.96. The summed E-state index contributed by atoms with van der Waals surface area (Å²) in [6, 6.07) is 27.4. The number of carboxylic acids is 1. The monoisotopic (exact) mass is 921 g/mol. The average molecular weight is 923 g/mol. The average Bonchev–Trinajstić information content (AvgIpc) is 3.62. The summed E-state index contributed by atoms with van der Waals surface area (Å²) in [6.45, 7) is 10.6. The smallest absolute Gasteiger partial charge is 0.345 e. The van der Waals surface area contributed by atoms with Crippen molar-refractivity contribution in [2.75, 3.05) is 53.0 Å². The molecule has 0 bridgehead atoms. The summed E-state index contributed by atoms with van der Waals surface area (Å²) in [5, 5.41) is 16.4. The number of rotatable bonds is 17. The highest BCUT2D eigenvalue weighted by molar-refractivity contribution is 6.35. The van der Waals surface area contributed by atoms with E-state index in [1.807, 2.05) is 67.6 Å². The maximum Gasteiger partial charge on any atom is 0.345 e. The van der Waals surface area contributed by atoms with Crippen LogP contribution in [0.15, 0.2) is 104 Å². The SMILES string of the molecule is CCN1CCN(CCOc2ccc(-c3c(-c4ccc(Cl)cc4)c(Cl)n4ncnc(O[C@H](Cc5ccccc5OCc5ccnc(-c6ccccc6OC)n5)C(=O)O)c34)c(C)c2Cl)CC1. The van der Waals surface area contributed by atoms with E-state index >= 15 is 0 Å². The number of ether oxygens (including phenoxy) is 4. The number of hydrogen-bond donors (Lipinski definition) is 1. The van der Waals surface area contributed by atoms with Gasteiger partial charge in [-0.15, -0.1) is 0 Å². The van der Waals surface area contributed by atoms with E-state index in [1.54, 1.807) is 43.6 Å². The first-order valence-corrected chi connectivity index (χ1v) is 22.0. The zero-order valence-electron chi connectivity index (χ0n) is 35.5. The van der Waals surface area contributed by atoms with Crippen LogP contribution in [-0.2, 0) is 17.8 Å². The number of halogens is 3. The summed E-state index contributed by atoms with van der Waals surface area (Å²) in [5.41, 5.74) is 5.64. The third-order valence-corrected chi connectivity index (χ3v) is 12.4. The Kier molecular flexibility index (Phi) is 14.1. The highest BCUT2D eigenvalue weighted by Crippen LogP contribution is 2.48. The summed E-state index contributed by atoms with van der Waals surface area (Å²) in [7, 11) is 1.60. The lowest BCUT2D eigenvalue weighted by molar-refractivity contribution is -0.145. The fourth-order valence-corrected chi connectivity index (χ4v) is 8.50. The van der Waals surface area contributed by atoms with Crippen LogP contribution in [0.25, 0.3) is 39.2 Å². The molecular formula is C48H46Cl3N7O6. The second kappa shape index (κ2) is 20.3. The molecule has 3 aromatic heterocycles. The first-order chi connectivity index (χ1) is 31.1. The van der Waals surface area contributed by atoms with E-state index in [1.165, 1.54) is 10.8 Å². The number of hydrogen-bond acceptors (Lipinski definition) is 11. The normalized spacial score (nSPS) is 13.8. The van der Waals surface area contributed by atoms with E-state index < -0.39 is 12.1 Å². The number of carbonyl (C=O) groups is 1. The topological polar surface area (TPSA) is 137 Å². The molecule has 1 atom stereocenters. The molecule has 1 saturated heterocycles. The van der Waals surface area contributed by atoms with Crippen molar-refractivity contribution in [3.05, 3.63) is 136 Å². The lowest BCUT2D eigenvalue weighted by Crippen LogP contribution is -2.47. The second-order valence-corrected chi connectivity index (χ2v) is 16.3. The summed E-state index contributed by atoms with van der Waals surface area (Å²) in [6.07, 6.45) is 1.45. The number of methoxy groups -OCH3 is 1. The molecule has 16 heteroatoms. The minimum absolute atomic E-state index is 0.00165. The molecule has 0 amide bonds. The third-order valence-electron chi connectivity index (χ3n) is 11.3. The van der Waals surface area contributed by atoms with Gasteiger partial charge in [0.2, 0.25) is 12.0 Å². The van der Waals surface area contributed by atoms with Gasteiger partial charge in [-0.3, -0.25) is 4.90 Å². The zero-order chi connectivity index (χ0) is 44.7. The molecular weight excluding hydrogens is 877 g/mol. The molecule has 0 aliphatic carbocycles. The molecule has 64 heavy (non-hydrogen) atoms. The highest BCUT2D eigenvalue weighted by Gasteiger charge is 2.30. The number of para-hydroxylation sites is 2. The Morgan fingerprint density at radius 2 is 1.55 bits per heavy atom. The van der Waals surface area contributed by atoms with Gasteiger partial charge in [-0.2, -0.15) is 10.1 Å². The maximum atomic E-state index is 13.1. The largest absolute Gasteiger partial charge is 0.496 e. The van der Waals surface area contributed by atoms with Gasteiger partial charge in [0, 0.05) is 61.5 Å². The van der Waals surface area contributed by atoms with Crippen LogP contribution < -0.4 is 18.9 Å². The van der Waals surface area contributed by atoms with Crippen molar-refractivity contribution < 1.29 is 28.8 Å². The van der Waals surface area contributed by atoms with Crippen LogP contribution in [0.4, 0.5) is 0 Å². The van der Waals surface area contributed by atoms with Gasteiger partial charge in [0.1, 0.15) is 47.5 Å². The lowest BCUT2D eigenvalue weighted by atomic mass is 9.94. The Morgan fingerprint density at radius 1 is 0.812 bits per heavy atom. The molecule has 13 nitrogen and oxygen atoms in total. The molecule has 1 N–H and O–H groups in total. The predicted molar refractivity (Wildman–Crippen MR) is 248 cm³/mol. The molecule has 0 spiro atoms. The molecule has 7 aromatic rings. The van der Waals surface area contributed by atoms with Gasteiger partial charge >= 0.3 is 5.97 Å². The van der Waals surface area contributed by atoms with Crippen LogP contribution in [0.2, 0.25) is 15.2 Å². The van der Waals surface area contributed by atoms with Crippen LogP contribution in [0.3, 0.4) is 0 Å². The Morgan fingerprint density at radius 3 is 2.30 bits per heavy atom. The fraction of sp³-hybridized carbons (Fsp3) is 0.271. The van der Waals surface area contributed by atoms with Crippen LogP contribution >= 0.6 is 34.8 Å². The molecule has 1 fully saturated rings. The molecule has 0 saturated carbocycles. The van der Waals surface area contributed by atoms with Crippen LogP contribution in [0, 0.1) is 6.92 Å². The van der Waals surface area contributed by atoms with Crippen molar-refractivity contribution in [1.82, 2.24) is 34.4 Å². The molecule has 330 valence electrons. The number of carboxylic acid groups (broad SMARTS) is 1. The number of benzene rings is 4. The van der Waals surface area contributed by atoms with Crippen molar-refractivity contribution in [2.45, 2.75) is 33.0 Å². The van der Waals surface area contributed by atoms with Crippen LogP contribution in [0.1, 0.15) is 23.7 Å². The number of aliphatic carboxylic acids is 1. The first kappa shape index (κ1) is 44.6. The second-order valence-electron chi connectivity index (χ2n) is 15.2. The van der Waals surface area contributed by atoms with Crippen molar-refractivity contribution in [3.8, 4) is 56.8 Å². The lowest BCUT2D eigenvalue weighted by Gasteiger charge is -2.33. The molecule has 1 aliphatic heterocycles. The molecule has 1 aliphatic rings. The van der Waals surface area contributed by atoms with E-state index in [0.29, 0.717) is 78.8 Å². The van der Waals surface area contributed by atoms with Gasteiger partial charge in [-0.25, -0.2) is 19.3 Å². The molecule has 0 radical (unpaired) electrons. The minimum atomic E-state index is -1.41. The minimum Gasteiger partial charge on any atom is -0.496 e. The summed E-state index contributed by atoms with van der Waals surface area (Å²) in [4.78, 5) is 31.6. The molecule has 4 aromatic carbocycles. The highest BCUT2D eigenvalue weighted by atomic mass is 35.5. The van der Waals surface area contributed by atoms with Crippen molar-refractivity contribution in [3.63, 3.8) is 0 Å². The van der Waals surface area contributed by atoms with Crippen LogP contribution in [0.5, 0.6) is 23.1 Å². The van der Waals surface area contributed by atoms with Crippen molar-refractivity contribution in [2.24, 2.45) is 0 Å². The van der Waals surface area contributed by atoms with Gasteiger partial charge in [-0.05, 0) is 78.2 Å². The van der Waals surface area contributed by atoms with E-state index in [0.717, 1.165) is 50.4 Å². The Balaban J connectivity index is 1.09. The van der Waals surface area contributed by atoms with Gasteiger partial charge in [-0.1, -0.05) is 90.3 Å². The maximum absolute atomic E-state index is 13.1. The van der Waals surface area contributed by atoms with E-state index in [4.69, 9.17) is 58.7 Å². The summed E-state index contributed by atoms with van der Waals surface area (Å²) in [5.74, 6) is 0.933. The Labute approximate surface area is 386 Å². The van der Waals surface area contributed by atoms with Gasteiger partial charge < -0.3 is 29.0 Å². The number of piperazine rings is 1. The van der Waals surface area contributed by atoms with Crippen molar-refractivity contribution in [1.29, 1.82) is 0 Å². The quantitative estimate of drug-likeness (QED) is 0.0932. The summed E-state index contributed by atoms with van der Waals surface area (Å²) >= 11 is 20.6. The Bertz CT molecular complexity index is 2760. The van der Waals surface area contributed by atoms with E-state index in [-0.39, 0.29) is 24.1 Å². The van der Waals surface area contributed by atoms with Crippen molar-refractivity contribution >= 4 is 46.3 Å². The third kappa shape index (κ3) is 9.74. The molecule has 8 rings (SSSR count). The van der Waals surface area contributed by atoms with Gasteiger partial charge in [0.25, 0.3) is 0 Å². The number of nitrogens with zero attached hydrogens (tertiary/aromatic N) is 7.